The number of aryl methyl sites for hydroxylation is 1. The molecule has 1 heterocycles. The second-order valence-corrected chi connectivity index (χ2v) is 5.39. The van der Waals surface area contributed by atoms with Gasteiger partial charge in [-0.25, -0.2) is 0 Å². The number of thioether (sulfide) groups is 1. The van der Waals surface area contributed by atoms with E-state index in [1.165, 1.54) is 4.90 Å². The Hall–Kier alpha value is -1.20. The van der Waals surface area contributed by atoms with Gasteiger partial charge in [-0.2, -0.15) is 0 Å². The molecule has 1 aliphatic rings. The van der Waals surface area contributed by atoms with Crippen LogP contribution in [0, 0.1) is 6.92 Å². The maximum absolute atomic E-state index is 12.0. The predicted octanol–water partition coefficient (Wildman–Crippen LogP) is 2.67. The third-order valence-corrected chi connectivity index (χ3v) is 3.70. The highest BCUT2D eigenvalue weighted by Gasteiger charge is 2.39. The topological polar surface area (TPSA) is 49.4 Å². The van der Waals surface area contributed by atoms with E-state index in [0.717, 1.165) is 23.0 Å². The summed E-state index contributed by atoms with van der Waals surface area (Å²) in [6, 6.07) is 7.68. The lowest BCUT2D eigenvalue weighted by atomic mass is 10.2. The van der Waals surface area contributed by atoms with Crippen LogP contribution in [-0.2, 0) is 4.79 Å². The Bertz CT molecular complexity index is 481. The molecular formula is C12H13ClN2O2S. The maximum atomic E-state index is 12.0. The second-order valence-electron chi connectivity index (χ2n) is 3.96. The first-order valence-corrected chi connectivity index (χ1v) is 6.94. The van der Waals surface area contributed by atoms with Crippen LogP contribution in [0.25, 0.3) is 0 Å². The van der Waals surface area contributed by atoms with Crippen molar-refractivity contribution in [2.75, 3.05) is 17.7 Å². The number of halogens is 1. The van der Waals surface area contributed by atoms with Gasteiger partial charge >= 0.3 is 0 Å². The molecule has 1 saturated heterocycles. The molecule has 96 valence electrons. The largest absolute Gasteiger partial charge is 0.365 e. The number of nitrogens with one attached hydrogen (secondary N) is 1. The van der Waals surface area contributed by atoms with Gasteiger partial charge in [0.15, 0.2) is 5.37 Å². The van der Waals surface area contributed by atoms with Crippen LogP contribution < -0.4 is 5.32 Å². The summed E-state index contributed by atoms with van der Waals surface area (Å²) >= 11 is 6.56. The van der Waals surface area contributed by atoms with Crippen molar-refractivity contribution in [3.63, 3.8) is 0 Å². The Morgan fingerprint density at radius 3 is 2.89 bits per heavy atom. The minimum atomic E-state index is -0.553. The van der Waals surface area contributed by atoms with Crippen molar-refractivity contribution in [2.45, 2.75) is 12.3 Å². The van der Waals surface area contributed by atoms with Gasteiger partial charge in [0.05, 0.1) is 0 Å². The number of hydrogen-bond donors (Lipinski definition) is 1. The molecule has 1 aromatic carbocycles. The molecule has 0 saturated carbocycles. The van der Waals surface area contributed by atoms with Crippen molar-refractivity contribution in [1.29, 1.82) is 0 Å². The van der Waals surface area contributed by atoms with Crippen LogP contribution in [0.4, 0.5) is 10.5 Å². The minimum Gasteiger partial charge on any atom is -0.365 e. The van der Waals surface area contributed by atoms with E-state index in [9.17, 15) is 9.59 Å². The molecule has 2 rings (SSSR count). The zero-order chi connectivity index (χ0) is 13.1. The highest BCUT2D eigenvalue weighted by atomic mass is 35.5. The van der Waals surface area contributed by atoms with Gasteiger partial charge in [-0.15, -0.1) is 11.6 Å². The summed E-state index contributed by atoms with van der Waals surface area (Å²) in [5.41, 5.74) is 1.93. The normalized spacial score (nSPS) is 19.4. The summed E-state index contributed by atoms with van der Waals surface area (Å²) in [6.07, 6.45) is 0. The van der Waals surface area contributed by atoms with Crippen molar-refractivity contribution in [2.24, 2.45) is 0 Å². The standard InChI is InChI=1S/C12H13ClN2O2S/c1-8-3-2-4-9(7-8)14-10-11(16)15(6-5-13)12(17)18-10/h2-4,7,10,14H,5-6H2,1H3/t10-/m0/s1. The number of imide groups is 1. The van der Waals surface area contributed by atoms with Gasteiger partial charge in [0.1, 0.15) is 0 Å². The van der Waals surface area contributed by atoms with E-state index in [0.29, 0.717) is 0 Å². The molecule has 1 fully saturated rings. The molecule has 0 radical (unpaired) electrons. The highest BCUT2D eigenvalue weighted by Crippen LogP contribution is 2.28. The van der Waals surface area contributed by atoms with Crippen molar-refractivity contribution in [3.8, 4) is 0 Å². The lowest BCUT2D eigenvalue weighted by Gasteiger charge is -2.13. The molecule has 0 bridgehead atoms. The van der Waals surface area contributed by atoms with Gasteiger partial charge in [0.25, 0.3) is 11.1 Å². The third kappa shape index (κ3) is 2.79. The molecule has 1 aromatic rings. The molecule has 1 atom stereocenters. The molecule has 4 nitrogen and oxygen atoms in total. The summed E-state index contributed by atoms with van der Waals surface area (Å²) in [5, 5.41) is 2.26. The van der Waals surface area contributed by atoms with E-state index in [1.807, 2.05) is 31.2 Å². The van der Waals surface area contributed by atoms with Crippen LogP contribution in [0.3, 0.4) is 0 Å². The van der Waals surface area contributed by atoms with Crippen LogP contribution in [-0.4, -0.2) is 33.8 Å². The molecule has 0 unspecified atom stereocenters. The number of benzene rings is 1. The first-order chi connectivity index (χ1) is 8.61. The summed E-state index contributed by atoms with van der Waals surface area (Å²) in [5.74, 6) is 0.0296. The fourth-order valence-corrected chi connectivity index (χ4v) is 2.81. The average Bonchev–Trinajstić information content (AvgIpc) is 2.57. The summed E-state index contributed by atoms with van der Waals surface area (Å²) < 4.78 is 0. The van der Waals surface area contributed by atoms with Gasteiger partial charge in [-0.3, -0.25) is 14.5 Å². The van der Waals surface area contributed by atoms with Gasteiger partial charge < -0.3 is 5.32 Å². The van der Waals surface area contributed by atoms with Crippen LogP contribution in [0.1, 0.15) is 5.56 Å². The van der Waals surface area contributed by atoms with Crippen molar-refractivity contribution in [3.05, 3.63) is 29.8 Å². The summed E-state index contributed by atoms with van der Waals surface area (Å²) in [4.78, 5) is 24.8. The van der Waals surface area contributed by atoms with E-state index in [1.54, 1.807) is 0 Å². The molecule has 2 amide bonds. The number of rotatable bonds is 4. The number of anilines is 1. The quantitative estimate of drug-likeness (QED) is 0.864. The van der Waals surface area contributed by atoms with Crippen LogP contribution in [0.2, 0.25) is 0 Å². The predicted molar refractivity (Wildman–Crippen MR) is 74.0 cm³/mol. The van der Waals surface area contributed by atoms with Crippen molar-refractivity contribution < 1.29 is 9.59 Å². The van der Waals surface area contributed by atoms with Crippen LogP contribution >= 0.6 is 23.4 Å². The van der Waals surface area contributed by atoms with Gasteiger partial charge in [-0.1, -0.05) is 12.1 Å². The minimum absolute atomic E-state index is 0.229. The number of carbonyl (C=O) groups is 2. The Labute approximate surface area is 115 Å². The molecule has 1 aliphatic heterocycles. The lowest BCUT2D eigenvalue weighted by Crippen LogP contribution is -2.35. The Kier molecular flexibility index (Phi) is 4.14. The SMILES string of the molecule is Cc1cccc(N[C@H]2SC(=O)N(CCCl)C2=O)c1. The average molecular weight is 285 g/mol. The molecule has 1 N–H and O–H groups in total. The third-order valence-electron chi connectivity index (χ3n) is 2.55. The molecule has 0 aromatic heterocycles. The molecule has 0 spiro atoms. The monoisotopic (exact) mass is 284 g/mol. The fraction of sp³-hybridized carbons (Fsp3) is 0.333. The van der Waals surface area contributed by atoms with Crippen molar-refractivity contribution in [1.82, 2.24) is 4.90 Å². The van der Waals surface area contributed by atoms with E-state index < -0.39 is 5.37 Å². The first kappa shape index (κ1) is 13.2. The molecule has 6 heteroatoms. The zero-order valence-electron chi connectivity index (χ0n) is 9.85. The summed E-state index contributed by atoms with van der Waals surface area (Å²) in [6.45, 7) is 2.23. The number of hydrogen-bond acceptors (Lipinski definition) is 4. The zero-order valence-corrected chi connectivity index (χ0v) is 11.4. The van der Waals surface area contributed by atoms with Gasteiger partial charge in [0, 0.05) is 18.1 Å². The highest BCUT2D eigenvalue weighted by molar-refractivity contribution is 8.15. The number of carbonyl (C=O) groups excluding carboxylic acids is 2. The first-order valence-electron chi connectivity index (χ1n) is 5.53. The molecule has 18 heavy (non-hydrogen) atoms. The van der Waals surface area contributed by atoms with Crippen LogP contribution in [0.5, 0.6) is 0 Å². The number of nitrogens with zero attached hydrogens (tertiary/aromatic N) is 1. The van der Waals surface area contributed by atoms with E-state index in [2.05, 4.69) is 5.32 Å². The Morgan fingerprint density at radius 1 is 1.44 bits per heavy atom. The lowest BCUT2D eigenvalue weighted by molar-refractivity contribution is -0.126. The second kappa shape index (κ2) is 5.63. The number of alkyl halides is 1. The van der Waals surface area contributed by atoms with E-state index in [4.69, 9.17) is 11.6 Å². The van der Waals surface area contributed by atoms with Crippen LogP contribution in [0.15, 0.2) is 24.3 Å². The van der Waals surface area contributed by atoms with Gasteiger partial charge in [-0.05, 0) is 36.4 Å². The Balaban J connectivity index is 2.07. The molecule has 0 aliphatic carbocycles. The molecular weight excluding hydrogens is 272 g/mol. The Morgan fingerprint density at radius 2 is 2.22 bits per heavy atom. The van der Waals surface area contributed by atoms with E-state index >= 15 is 0 Å². The smallest absolute Gasteiger partial charge is 0.290 e. The summed E-state index contributed by atoms with van der Waals surface area (Å²) in [7, 11) is 0. The number of amides is 2. The fourth-order valence-electron chi connectivity index (χ4n) is 1.71. The van der Waals surface area contributed by atoms with Gasteiger partial charge in [0.2, 0.25) is 0 Å². The van der Waals surface area contributed by atoms with Crippen molar-refractivity contribution >= 4 is 40.2 Å². The maximum Gasteiger partial charge on any atom is 0.290 e. The van der Waals surface area contributed by atoms with E-state index in [-0.39, 0.29) is 23.6 Å².